The van der Waals surface area contributed by atoms with Crippen molar-refractivity contribution in [2.45, 2.75) is 73.9 Å². The third-order valence-electron chi connectivity index (χ3n) is 8.09. The molecular formula is C33H44N8O6S4. The molecule has 0 saturated carbocycles. The number of nitrogens with two attached hydrogens (primary N) is 1. The van der Waals surface area contributed by atoms with Crippen LogP contribution in [0.1, 0.15) is 46.5 Å². The van der Waals surface area contributed by atoms with Crippen molar-refractivity contribution in [2.24, 2.45) is 5.73 Å². The van der Waals surface area contributed by atoms with E-state index in [1.165, 1.54) is 22.7 Å². The highest BCUT2D eigenvalue weighted by Crippen LogP contribution is 2.25. The predicted octanol–water partition coefficient (Wildman–Crippen LogP) is 5.31. The Labute approximate surface area is 307 Å². The van der Waals surface area contributed by atoms with Crippen molar-refractivity contribution in [1.82, 2.24) is 15.3 Å². The highest BCUT2D eigenvalue weighted by atomic mass is 32.2. The number of ether oxygens (including phenoxy) is 1. The molecular weight excluding hydrogens is 733 g/mol. The van der Waals surface area contributed by atoms with E-state index in [0.29, 0.717) is 10.3 Å². The van der Waals surface area contributed by atoms with Gasteiger partial charge in [0.15, 0.2) is 10.3 Å². The molecule has 0 spiro atoms. The van der Waals surface area contributed by atoms with E-state index >= 15 is 0 Å². The van der Waals surface area contributed by atoms with Crippen LogP contribution in [0.2, 0.25) is 0 Å². The zero-order valence-corrected chi connectivity index (χ0v) is 32.0. The number of piperidine rings is 2. The molecule has 14 nitrogen and oxygen atoms in total. The number of amides is 1. The minimum Gasteiger partial charge on any atom is -0.444 e. The second kappa shape index (κ2) is 16.6. The largest absolute Gasteiger partial charge is 0.444 e. The maximum atomic E-state index is 12.4. The lowest BCUT2D eigenvalue weighted by Crippen LogP contribution is -2.46. The van der Waals surface area contributed by atoms with Gasteiger partial charge in [0, 0.05) is 72.8 Å². The Bertz CT molecular complexity index is 1900. The Morgan fingerprint density at radius 2 is 1.16 bits per heavy atom. The fourth-order valence-electron chi connectivity index (χ4n) is 5.48. The summed E-state index contributed by atoms with van der Waals surface area (Å²) in [5.41, 5.74) is 7.37. The Kier molecular flexibility index (Phi) is 12.4. The molecule has 0 aliphatic carbocycles. The average Bonchev–Trinajstić information content (AvgIpc) is 3.79. The lowest BCUT2D eigenvalue weighted by atomic mass is 10.0. The fourth-order valence-corrected chi connectivity index (χ4v) is 9.06. The molecule has 2 fully saturated rings. The van der Waals surface area contributed by atoms with Crippen LogP contribution in [0, 0.1) is 0 Å². The molecule has 0 unspecified atom stereocenters. The Balaban J connectivity index is 0.000000205. The van der Waals surface area contributed by atoms with Gasteiger partial charge in [-0.05, 0) is 95.0 Å². The molecule has 0 radical (unpaired) electrons. The zero-order valence-electron chi connectivity index (χ0n) is 28.7. The predicted molar refractivity (Wildman–Crippen MR) is 203 cm³/mol. The smallest absolute Gasteiger partial charge is 0.407 e. The number of aromatic nitrogens is 2. The van der Waals surface area contributed by atoms with Crippen molar-refractivity contribution in [3.8, 4) is 0 Å². The number of nitrogens with one attached hydrogen (secondary N) is 3. The van der Waals surface area contributed by atoms with Gasteiger partial charge in [-0.3, -0.25) is 9.44 Å². The minimum absolute atomic E-state index is 0.0725. The number of anilines is 4. The first-order chi connectivity index (χ1) is 24.2. The minimum atomic E-state index is -3.65. The van der Waals surface area contributed by atoms with Crippen LogP contribution < -0.4 is 30.3 Å². The lowest BCUT2D eigenvalue weighted by molar-refractivity contribution is 0.0497. The van der Waals surface area contributed by atoms with Crippen molar-refractivity contribution < 1.29 is 26.4 Å². The number of carbonyl (C=O) groups excluding carboxylic acids is 1. The van der Waals surface area contributed by atoms with Gasteiger partial charge >= 0.3 is 6.09 Å². The first-order valence-electron chi connectivity index (χ1n) is 16.5. The summed E-state index contributed by atoms with van der Waals surface area (Å²) in [5, 5.41) is 7.06. The third kappa shape index (κ3) is 11.3. The summed E-state index contributed by atoms with van der Waals surface area (Å²) < 4.78 is 59.6. The van der Waals surface area contributed by atoms with E-state index in [2.05, 4.69) is 34.5 Å². The van der Waals surface area contributed by atoms with Gasteiger partial charge in [0.25, 0.3) is 20.0 Å². The Morgan fingerprint density at radius 1 is 0.745 bits per heavy atom. The Hall–Kier alpha value is -3.97. The van der Waals surface area contributed by atoms with Crippen molar-refractivity contribution in [3.05, 3.63) is 71.7 Å². The summed E-state index contributed by atoms with van der Waals surface area (Å²) in [4.78, 5) is 24.6. The van der Waals surface area contributed by atoms with Crippen LogP contribution in [0.5, 0.6) is 0 Å². The van der Waals surface area contributed by atoms with Gasteiger partial charge in [-0.2, -0.15) is 0 Å². The lowest BCUT2D eigenvalue weighted by Gasteiger charge is -2.34. The topological polar surface area (TPSA) is 189 Å². The van der Waals surface area contributed by atoms with Crippen molar-refractivity contribution >= 4 is 70.5 Å². The molecule has 6 rings (SSSR count). The molecule has 4 heterocycles. The van der Waals surface area contributed by atoms with Gasteiger partial charge in [-0.1, -0.05) is 0 Å². The van der Waals surface area contributed by atoms with Crippen LogP contribution in [0.4, 0.5) is 26.4 Å². The molecule has 276 valence electrons. The molecule has 2 aliphatic rings. The van der Waals surface area contributed by atoms with E-state index in [-0.39, 0.29) is 21.9 Å². The summed E-state index contributed by atoms with van der Waals surface area (Å²) in [7, 11) is -7.23. The van der Waals surface area contributed by atoms with E-state index in [0.717, 1.165) is 63.2 Å². The number of carbonyl (C=O) groups is 1. The number of hydrogen-bond donors (Lipinski definition) is 4. The standard InChI is InChI=1S/C19H26N4O4S2.C14H18N4O2S2/c1-19(2,3)27-18(24)21-14-8-11-23(12-9-14)15-4-6-16(7-5-15)29(25,26)22-17-20-10-13-28-17;15-11-5-8-18(9-6-11)12-1-3-13(4-2-12)22(19,20)17-14-16-7-10-21-14/h4-7,10,13-14H,8-9,11-12H2,1-3H3,(H,20,22)(H,21,24);1-4,7,10-11H,5-6,8-9,15H2,(H,16,17). The summed E-state index contributed by atoms with van der Waals surface area (Å²) in [6, 6.07) is 14.1. The van der Waals surface area contributed by atoms with E-state index in [4.69, 9.17) is 10.5 Å². The molecule has 2 aliphatic heterocycles. The molecule has 5 N–H and O–H groups in total. The number of thiazole rings is 2. The first kappa shape index (κ1) is 38.3. The molecule has 2 aromatic carbocycles. The summed E-state index contributed by atoms with van der Waals surface area (Å²) in [6.07, 6.45) is 6.24. The van der Waals surface area contributed by atoms with E-state index in [1.54, 1.807) is 59.6 Å². The van der Waals surface area contributed by atoms with Crippen LogP contribution in [0.3, 0.4) is 0 Å². The van der Waals surface area contributed by atoms with Gasteiger partial charge in [0.1, 0.15) is 5.60 Å². The number of alkyl carbamates (subject to hydrolysis) is 1. The summed E-state index contributed by atoms with van der Waals surface area (Å²) in [5.74, 6) is 0. The van der Waals surface area contributed by atoms with E-state index in [9.17, 15) is 21.6 Å². The second-order valence-electron chi connectivity index (χ2n) is 13.1. The highest BCUT2D eigenvalue weighted by Gasteiger charge is 2.25. The molecule has 0 bridgehead atoms. The number of benzene rings is 2. The summed E-state index contributed by atoms with van der Waals surface area (Å²) in [6.45, 7) is 8.87. The van der Waals surface area contributed by atoms with Crippen LogP contribution in [0.15, 0.2) is 81.5 Å². The molecule has 51 heavy (non-hydrogen) atoms. The molecule has 2 saturated heterocycles. The summed E-state index contributed by atoms with van der Waals surface area (Å²) >= 11 is 2.48. The quantitative estimate of drug-likeness (QED) is 0.173. The first-order valence-corrected chi connectivity index (χ1v) is 21.2. The van der Waals surface area contributed by atoms with Gasteiger partial charge in [0.2, 0.25) is 0 Å². The van der Waals surface area contributed by atoms with Crippen molar-refractivity contribution in [1.29, 1.82) is 0 Å². The molecule has 2 aromatic heterocycles. The van der Waals surface area contributed by atoms with E-state index < -0.39 is 31.7 Å². The fraction of sp³-hybridized carbons (Fsp3) is 0.424. The SMILES string of the molecule is CC(C)(C)OC(=O)NC1CCN(c2ccc(S(=O)(=O)Nc3nccs3)cc2)CC1.NC1CCN(c2ccc(S(=O)(=O)Nc3nccs3)cc2)CC1. The monoisotopic (exact) mass is 776 g/mol. The van der Waals surface area contributed by atoms with E-state index in [1.807, 2.05) is 32.9 Å². The molecule has 18 heteroatoms. The molecule has 1 amide bonds. The zero-order chi connectivity index (χ0) is 36.6. The number of rotatable bonds is 9. The maximum absolute atomic E-state index is 12.4. The van der Waals surface area contributed by atoms with Gasteiger partial charge in [0.05, 0.1) is 9.79 Å². The number of hydrogen-bond acceptors (Lipinski definition) is 13. The average molecular weight is 777 g/mol. The second-order valence-corrected chi connectivity index (χ2v) is 18.3. The van der Waals surface area contributed by atoms with Crippen molar-refractivity contribution in [3.63, 3.8) is 0 Å². The number of nitrogens with zero attached hydrogens (tertiary/aromatic N) is 4. The van der Waals surface area contributed by atoms with Crippen LogP contribution in [0.25, 0.3) is 0 Å². The molecule has 4 aromatic rings. The van der Waals surface area contributed by atoms with Crippen LogP contribution in [-0.2, 0) is 24.8 Å². The maximum Gasteiger partial charge on any atom is 0.407 e. The normalized spacial score (nSPS) is 16.2. The van der Waals surface area contributed by atoms with Crippen LogP contribution >= 0.6 is 22.7 Å². The number of sulfonamides is 2. The van der Waals surface area contributed by atoms with Crippen molar-refractivity contribution in [2.75, 3.05) is 45.4 Å². The Morgan fingerprint density at radius 3 is 1.53 bits per heavy atom. The highest BCUT2D eigenvalue weighted by molar-refractivity contribution is 7.93. The van der Waals surface area contributed by atoms with Gasteiger partial charge in [-0.15, -0.1) is 22.7 Å². The van der Waals surface area contributed by atoms with Gasteiger partial charge in [-0.25, -0.2) is 31.6 Å². The van der Waals surface area contributed by atoms with Crippen LogP contribution in [-0.4, -0.2) is 76.8 Å². The third-order valence-corrected chi connectivity index (χ3v) is 12.4. The van der Waals surface area contributed by atoms with Gasteiger partial charge < -0.3 is 25.6 Å². The molecule has 0 atom stereocenters.